The van der Waals surface area contributed by atoms with Crippen molar-refractivity contribution in [3.05, 3.63) is 35.4 Å². The van der Waals surface area contributed by atoms with Crippen LogP contribution in [0.5, 0.6) is 0 Å². The highest BCUT2D eigenvalue weighted by Gasteiger charge is 2.23. The van der Waals surface area contributed by atoms with Gasteiger partial charge in [-0.1, -0.05) is 24.3 Å². The number of urea groups is 1. The number of rotatable bonds is 4. The van der Waals surface area contributed by atoms with E-state index in [1.165, 1.54) is 0 Å². The van der Waals surface area contributed by atoms with E-state index in [0.717, 1.165) is 24.2 Å². The number of benzene rings is 1. The second-order valence-electron chi connectivity index (χ2n) is 5.25. The second kappa shape index (κ2) is 7.08. The molecule has 0 aromatic heterocycles. The number of nitrogens with two attached hydrogens (primary N) is 1. The van der Waals surface area contributed by atoms with Crippen LogP contribution in [0.1, 0.15) is 23.6 Å². The molecule has 0 bridgehead atoms. The fourth-order valence-electron chi connectivity index (χ4n) is 2.61. The number of hydrogen-bond donors (Lipinski definition) is 3. The molecule has 1 aliphatic rings. The van der Waals surface area contributed by atoms with Gasteiger partial charge in [0.05, 0.1) is 12.5 Å². The van der Waals surface area contributed by atoms with Crippen LogP contribution in [0, 0.1) is 6.92 Å². The van der Waals surface area contributed by atoms with Crippen LogP contribution < -0.4 is 16.4 Å². The maximum absolute atomic E-state index is 12.4. The smallest absolute Gasteiger partial charge is 0.312 e. The Morgan fingerprint density at radius 1 is 1.33 bits per heavy atom. The van der Waals surface area contributed by atoms with Gasteiger partial charge in [0, 0.05) is 26.2 Å². The van der Waals surface area contributed by atoms with Crippen molar-refractivity contribution in [2.24, 2.45) is 5.73 Å². The summed E-state index contributed by atoms with van der Waals surface area (Å²) in [6.45, 7) is 4.99. The molecule has 21 heavy (non-hydrogen) atoms. The van der Waals surface area contributed by atoms with E-state index in [4.69, 9.17) is 5.73 Å². The maximum atomic E-state index is 12.4. The molecule has 114 valence electrons. The summed E-state index contributed by atoms with van der Waals surface area (Å²) in [5.74, 6) is 0.0403. The zero-order valence-corrected chi connectivity index (χ0v) is 12.3. The standard InChI is InChI=1S/C15H22N4O2/c1-11-4-2-3-5-12(11)13(18-15(16)21)10-14(20)19-8-6-17-7-9-19/h2-5,13,17H,6-10H2,1H3,(H3,16,18,21)/t13-/m1/s1. The fraction of sp³-hybridized carbons (Fsp3) is 0.467. The number of amides is 3. The zero-order chi connectivity index (χ0) is 15.2. The van der Waals surface area contributed by atoms with Crippen LogP contribution in [0.3, 0.4) is 0 Å². The van der Waals surface area contributed by atoms with Gasteiger partial charge in [0.2, 0.25) is 5.91 Å². The van der Waals surface area contributed by atoms with Gasteiger partial charge in [-0.2, -0.15) is 0 Å². The van der Waals surface area contributed by atoms with Crippen molar-refractivity contribution in [2.45, 2.75) is 19.4 Å². The van der Waals surface area contributed by atoms with Crippen molar-refractivity contribution in [1.29, 1.82) is 0 Å². The largest absolute Gasteiger partial charge is 0.352 e. The SMILES string of the molecule is Cc1ccccc1[C@@H](CC(=O)N1CCNCC1)NC(N)=O. The number of primary amides is 1. The third kappa shape index (κ3) is 4.19. The Morgan fingerprint density at radius 2 is 2.00 bits per heavy atom. The normalized spacial score (nSPS) is 16.3. The number of hydrogen-bond acceptors (Lipinski definition) is 3. The van der Waals surface area contributed by atoms with Crippen molar-refractivity contribution < 1.29 is 9.59 Å². The molecule has 0 unspecified atom stereocenters. The Hall–Kier alpha value is -2.08. The minimum atomic E-state index is -0.614. The topological polar surface area (TPSA) is 87.5 Å². The molecule has 4 N–H and O–H groups in total. The zero-order valence-electron chi connectivity index (χ0n) is 12.3. The first-order valence-electron chi connectivity index (χ1n) is 7.18. The van der Waals surface area contributed by atoms with Crippen LogP contribution in [-0.2, 0) is 4.79 Å². The average molecular weight is 290 g/mol. The van der Waals surface area contributed by atoms with Crippen LogP contribution in [0.15, 0.2) is 24.3 Å². The van der Waals surface area contributed by atoms with E-state index in [2.05, 4.69) is 10.6 Å². The lowest BCUT2D eigenvalue weighted by Crippen LogP contribution is -2.47. The minimum absolute atomic E-state index is 0.0403. The van der Waals surface area contributed by atoms with Gasteiger partial charge in [-0.3, -0.25) is 4.79 Å². The lowest BCUT2D eigenvalue weighted by molar-refractivity contribution is -0.132. The number of piperazine rings is 1. The third-order valence-corrected chi connectivity index (χ3v) is 3.73. The quantitative estimate of drug-likeness (QED) is 0.755. The molecule has 1 saturated heterocycles. The molecule has 1 aromatic carbocycles. The molecule has 0 aliphatic carbocycles. The first kappa shape index (κ1) is 15.3. The summed E-state index contributed by atoms with van der Waals surface area (Å²) >= 11 is 0. The third-order valence-electron chi connectivity index (χ3n) is 3.73. The molecule has 1 heterocycles. The Labute approximate surface area is 124 Å². The van der Waals surface area contributed by atoms with Crippen molar-refractivity contribution in [3.8, 4) is 0 Å². The van der Waals surface area contributed by atoms with Gasteiger partial charge >= 0.3 is 6.03 Å². The van der Waals surface area contributed by atoms with E-state index in [1.54, 1.807) is 0 Å². The highest BCUT2D eigenvalue weighted by Crippen LogP contribution is 2.21. The van der Waals surface area contributed by atoms with E-state index in [-0.39, 0.29) is 18.4 Å². The van der Waals surface area contributed by atoms with Crippen molar-refractivity contribution in [2.75, 3.05) is 26.2 Å². The van der Waals surface area contributed by atoms with E-state index in [0.29, 0.717) is 13.1 Å². The first-order chi connectivity index (χ1) is 10.1. The summed E-state index contributed by atoms with van der Waals surface area (Å²) in [4.78, 5) is 25.4. The van der Waals surface area contributed by atoms with Crippen molar-refractivity contribution in [3.63, 3.8) is 0 Å². The predicted octanol–water partition coefficient (Wildman–Crippen LogP) is 0.526. The molecular formula is C15H22N4O2. The van der Waals surface area contributed by atoms with Crippen LogP contribution in [0.4, 0.5) is 4.79 Å². The monoisotopic (exact) mass is 290 g/mol. The second-order valence-corrected chi connectivity index (χ2v) is 5.25. The highest BCUT2D eigenvalue weighted by molar-refractivity contribution is 5.79. The Kier molecular flexibility index (Phi) is 5.16. The van der Waals surface area contributed by atoms with Crippen LogP contribution in [0.2, 0.25) is 0 Å². The van der Waals surface area contributed by atoms with E-state index < -0.39 is 6.03 Å². The highest BCUT2D eigenvalue weighted by atomic mass is 16.2. The molecule has 3 amide bonds. The number of nitrogens with zero attached hydrogens (tertiary/aromatic N) is 1. The summed E-state index contributed by atoms with van der Waals surface area (Å²) in [5.41, 5.74) is 7.21. The van der Waals surface area contributed by atoms with Crippen LogP contribution >= 0.6 is 0 Å². The number of nitrogens with one attached hydrogen (secondary N) is 2. The molecule has 0 radical (unpaired) electrons. The molecule has 1 aliphatic heterocycles. The average Bonchev–Trinajstić information content (AvgIpc) is 2.47. The van der Waals surface area contributed by atoms with Gasteiger partial charge in [0.1, 0.15) is 0 Å². The van der Waals surface area contributed by atoms with Crippen molar-refractivity contribution >= 4 is 11.9 Å². The van der Waals surface area contributed by atoms with E-state index >= 15 is 0 Å². The number of aryl methyl sites for hydroxylation is 1. The molecule has 2 rings (SSSR count). The molecule has 1 fully saturated rings. The van der Waals surface area contributed by atoms with Gasteiger partial charge in [-0.15, -0.1) is 0 Å². The summed E-state index contributed by atoms with van der Waals surface area (Å²) < 4.78 is 0. The molecule has 0 spiro atoms. The maximum Gasteiger partial charge on any atom is 0.312 e. The first-order valence-corrected chi connectivity index (χ1v) is 7.18. The molecule has 0 saturated carbocycles. The summed E-state index contributed by atoms with van der Waals surface area (Å²) in [7, 11) is 0. The molecule has 6 nitrogen and oxygen atoms in total. The number of carbonyl (C=O) groups is 2. The van der Waals surface area contributed by atoms with Crippen molar-refractivity contribution in [1.82, 2.24) is 15.5 Å². The fourth-order valence-corrected chi connectivity index (χ4v) is 2.61. The number of carbonyl (C=O) groups excluding carboxylic acids is 2. The van der Waals surface area contributed by atoms with Gasteiger partial charge < -0.3 is 21.3 Å². The lowest BCUT2D eigenvalue weighted by atomic mass is 9.98. The minimum Gasteiger partial charge on any atom is -0.352 e. The lowest BCUT2D eigenvalue weighted by Gasteiger charge is -2.29. The molecule has 6 heteroatoms. The summed E-state index contributed by atoms with van der Waals surface area (Å²) in [6.07, 6.45) is 0.230. The Morgan fingerprint density at radius 3 is 2.62 bits per heavy atom. The van der Waals surface area contributed by atoms with Gasteiger partial charge in [-0.25, -0.2) is 4.79 Å². The van der Waals surface area contributed by atoms with Gasteiger partial charge in [0.25, 0.3) is 0 Å². The van der Waals surface area contributed by atoms with Crippen LogP contribution in [-0.4, -0.2) is 43.0 Å². The Balaban J connectivity index is 2.11. The van der Waals surface area contributed by atoms with E-state index in [1.807, 2.05) is 36.1 Å². The summed E-state index contributed by atoms with van der Waals surface area (Å²) in [5, 5.41) is 5.90. The van der Waals surface area contributed by atoms with E-state index in [9.17, 15) is 9.59 Å². The van der Waals surface area contributed by atoms with Crippen LogP contribution in [0.25, 0.3) is 0 Å². The predicted molar refractivity (Wildman–Crippen MR) is 80.7 cm³/mol. The molecule has 1 atom stereocenters. The molecular weight excluding hydrogens is 268 g/mol. The Bertz CT molecular complexity index is 512. The van der Waals surface area contributed by atoms with Gasteiger partial charge in [-0.05, 0) is 18.1 Å². The summed E-state index contributed by atoms with van der Waals surface area (Å²) in [6, 6.07) is 6.70. The van der Waals surface area contributed by atoms with Gasteiger partial charge in [0.15, 0.2) is 0 Å². The molecule has 1 aromatic rings.